The molecule has 3 amide bonds. The first kappa shape index (κ1) is 14.8. The SMILES string of the molecule is CC(=O)N(CCN)C(=O)C(=O)NCc1ccccc1. The van der Waals surface area contributed by atoms with E-state index in [1.807, 2.05) is 30.3 Å². The van der Waals surface area contributed by atoms with E-state index in [9.17, 15) is 14.4 Å². The Labute approximate surface area is 111 Å². The van der Waals surface area contributed by atoms with E-state index in [1.165, 1.54) is 6.92 Å². The minimum Gasteiger partial charge on any atom is -0.344 e. The minimum atomic E-state index is -0.881. The molecule has 0 heterocycles. The van der Waals surface area contributed by atoms with Crippen molar-refractivity contribution in [1.82, 2.24) is 10.2 Å². The summed E-state index contributed by atoms with van der Waals surface area (Å²) in [5.41, 5.74) is 6.16. The van der Waals surface area contributed by atoms with Gasteiger partial charge >= 0.3 is 11.8 Å². The van der Waals surface area contributed by atoms with Crippen LogP contribution in [0.1, 0.15) is 12.5 Å². The van der Waals surface area contributed by atoms with Gasteiger partial charge in [-0.15, -0.1) is 0 Å². The molecule has 0 unspecified atom stereocenters. The van der Waals surface area contributed by atoms with Crippen molar-refractivity contribution in [2.45, 2.75) is 13.5 Å². The molecular formula is C13H17N3O3. The first-order valence-electron chi connectivity index (χ1n) is 5.90. The molecule has 0 fully saturated rings. The Hall–Kier alpha value is -2.21. The maximum atomic E-state index is 11.7. The highest BCUT2D eigenvalue weighted by atomic mass is 16.2. The molecule has 0 saturated carbocycles. The molecule has 0 spiro atoms. The van der Waals surface area contributed by atoms with Crippen LogP contribution in [-0.2, 0) is 20.9 Å². The van der Waals surface area contributed by atoms with E-state index in [-0.39, 0.29) is 19.6 Å². The van der Waals surface area contributed by atoms with Gasteiger partial charge in [-0.3, -0.25) is 19.3 Å². The van der Waals surface area contributed by atoms with Crippen molar-refractivity contribution < 1.29 is 14.4 Å². The minimum absolute atomic E-state index is 0.0346. The van der Waals surface area contributed by atoms with Gasteiger partial charge in [0.2, 0.25) is 5.91 Å². The third-order valence-electron chi connectivity index (χ3n) is 2.47. The summed E-state index contributed by atoms with van der Waals surface area (Å²) in [4.78, 5) is 35.4. The average molecular weight is 263 g/mol. The Balaban J connectivity index is 2.57. The first-order chi connectivity index (χ1) is 9.06. The quantitative estimate of drug-likeness (QED) is 0.725. The summed E-state index contributed by atoms with van der Waals surface area (Å²) in [5.74, 6) is -2.19. The summed E-state index contributed by atoms with van der Waals surface area (Å²) in [7, 11) is 0. The predicted molar refractivity (Wildman–Crippen MR) is 69.7 cm³/mol. The van der Waals surface area contributed by atoms with Gasteiger partial charge in [-0.25, -0.2) is 0 Å². The number of nitrogens with two attached hydrogens (primary N) is 1. The number of nitrogens with one attached hydrogen (secondary N) is 1. The maximum Gasteiger partial charge on any atom is 0.318 e. The van der Waals surface area contributed by atoms with Crippen molar-refractivity contribution in [2.24, 2.45) is 5.73 Å². The van der Waals surface area contributed by atoms with Crippen LogP contribution in [0.4, 0.5) is 0 Å². The third kappa shape index (κ3) is 4.51. The molecule has 0 atom stereocenters. The fraction of sp³-hybridized carbons (Fsp3) is 0.308. The molecular weight excluding hydrogens is 246 g/mol. The van der Waals surface area contributed by atoms with Crippen LogP contribution in [0.25, 0.3) is 0 Å². The van der Waals surface area contributed by atoms with Crippen LogP contribution in [0.15, 0.2) is 30.3 Å². The monoisotopic (exact) mass is 263 g/mol. The molecule has 6 nitrogen and oxygen atoms in total. The Morgan fingerprint density at radius 1 is 1.21 bits per heavy atom. The summed E-state index contributed by atoms with van der Waals surface area (Å²) >= 11 is 0. The van der Waals surface area contributed by atoms with Crippen molar-refractivity contribution in [3.8, 4) is 0 Å². The third-order valence-corrected chi connectivity index (χ3v) is 2.47. The standard InChI is InChI=1S/C13H17N3O3/c1-10(17)16(8-7-14)13(19)12(18)15-9-11-5-3-2-4-6-11/h2-6H,7-9,14H2,1H3,(H,15,18). The van der Waals surface area contributed by atoms with E-state index in [1.54, 1.807) is 0 Å². The van der Waals surface area contributed by atoms with Crippen LogP contribution in [-0.4, -0.2) is 35.7 Å². The topological polar surface area (TPSA) is 92.5 Å². The van der Waals surface area contributed by atoms with Gasteiger partial charge in [0.05, 0.1) is 0 Å². The first-order valence-corrected chi connectivity index (χ1v) is 5.90. The Morgan fingerprint density at radius 3 is 2.37 bits per heavy atom. The molecule has 0 aromatic heterocycles. The van der Waals surface area contributed by atoms with Gasteiger partial charge in [0.25, 0.3) is 0 Å². The maximum absolute atomic E-state index is 11.7. The lowest BCUT2D eigenvalue weighted by Gasteiger charge is -2.17. The second kappa shape index (κ2) is 7.27. The molecule has 19 heavy (non-hydrogen) atoms. The summed E-state index contributed by atoms with van der Waals surface area (Å²) in [5, 5.41) is 2.47. The smallest absolute Gasteiger partial charge is 0.318 e. The lowest BCUT2D eigenvalue weighted by molar-refractivity contribution is -0.151. The summed E-state index contributed by atoms with van der Waals surface area (Å²) in [6.07, 6.45) is 0. The van der Waals surface area contributed by atoms with Crippen LogP contribution in [0, 0.1) is 0 Å². The molecule has 1 aromatic carbocycles. The summed E-state index contributed by atoms with van der Waals surface area (Å²) in [6.45, 7) is 1.61. The second-order valence-corrected chi connectivity index (χ2v) is 3.93. The highest BCUT2D eigenvalue weighted by Gasteiger charge is 2.23. The van der Waals surface area contributed by atoms with Crippen molar-refractivity contribution in [1.29, 1.82) is 0 Å². The molecule has 0 radical (unpaired) electrons. The van der Waals surface area contributed by atoms with Crippen molar-refractivity contribution >= 4 is 17.7 Å². The molecule has 0 saturated heterocycles. The van der Waals surface area contributed by atoms with Crippen molar-refractivity contribution in [3.63, 3.8) is 0 Å². The van der Waals surface area contributed by atoms with Crippen molar-refractivity contribution in [3.05, 3.63) is 35.9 Å². The van der Waals surface area contributed by atoms with E-state index in [0.29, 0.717) is 0 Å². The predicted octanol–water partition coefficient (Wildman–Crippen LogP) is -0.363. The van der Waals surface area contributed by atoms with Gasteiger partial charge in [0.15, 0.2) is 0 Å². The zero-order valence-corrected chi connectivity index (χ0v) is 10.8. The number of amides is 3. The Kier molecular flexibility index (Phi) is 5.69. The number of hydrogen-bond acceptors (Lipinski definition) is 4. The van der Waals surface area contributed by atoms with Crippen LogP contribution < -0.4 is 11.1 Å². The molecule has 1 aromatic rings. The molecule has 0 aliphatic carbocycles. The average Bonchev–Trinajstić information content (AvgIpc) is 2.42. The lowest BCUT2D eigenvalue weighted by atomic mass is 10.2. The number of hydrogen-bond donors (Lipinski definition) is 2. The molecule has 0 aliphatic rings. The summed E-state index contributed by atoms with van der Waals surface area (Å²) in [6, 6.07) is 9.18. The zero-order chi connectivity index (χ0) is 14.3. The van der Waals surface area contributed by atoms with Crippen LogP contribution in [0.5, 0.6) is 0 Å². The fourth-order valence-corrected chi connectivity index (χ4v) is 1.51. The number of nitrogens with zero attached hydrogens (tertiary/aromatic N) is 1. The lowest BCUT2D eigenvalue weighted by Crippen LogP contribution is -2.46. The number of rotatable bonds is 4. The van der Waals surface area contributed by atoms with E-state index in [0.717, 1.165) is 10.5 Å². The number of carbonyl (C=O) groups excluding carboxylic acids is 3. The van der Waals surface area contributed by atoms with E-state index in [2.05, 4.69) is 5.32 Å². The molecule has 1 rings (SSSR count). The van der Waals surface area contributed by atoms with Crippen molar-refractivity contribution in [2.75, 3.05) is 13.1 Å². The molecule has 0 bridgehead atoms. The van der Waals surface area contributed by atoms with Gasteiger partial charge in [-0.2, -0.15) is 0 Å². The second-order valence-electron chi connectivity index (χ2n) is 3.93. The van der Waals surface area contributed by atoms with E-state index < -0.39 is 17.7 Å². The fourth-order valence-electron chi connectivity index (χ4n) is 1.51. The highest BCUT2D eigenvalue weighted by molar-refractivity contribution is 6.37. The number of benzene rings is 1. The van der Waals surface area contributed by atoms with Crippen LogP contribution in [0.2, 0.25) is 0 Å². The van der Waals surface area contributed by atoms with E-state index in [4.69, 9.17) is 5.73 Å². The summed E-state index contributed by atoms with van der Waals surface area (Å²) < 4.78 is 0. The van der Waals surface area contributed by atoms with E-state index >= 15 is 0 Å². The normalized spacial score (nSPS) is 9.79. The molecule has 3 N–H and O–H groups in total. The van der Waals surface area contributed by atoms with Crippen LogP contribution >= 0.6 is 0 Å². The van der Waals surface area contributed by atoms with Gasteiger partial charge in [0.1, 0.15) is 0 Å². The molecule has 0 aliphatic heterocycles. The van der Waals surface area contributed by atoms with Gasteiger partial charge in [0, 0.05) is 26.6 Å². The van der Waals surface area contributed by atoms with Gasteiger partial charge in [-0.05, 0) is 5.56 Å². The number of carbonyl (C=O) groups is 3. The Bertz CT molecular complexity index is 459. The Morgan fingerprint density at radius 2 is 1.84 bits per heavy atom. The largest absolute Gasteiger partial charge is 0.344 e. The molecule has 6 heteroatoms. The zero-order valence-electron chi connectivity index (χ0n) is 10.8. The van der Waals surface area contributed by atoms with Gasteiger partial charge < -0.3 is 11.1 Å². The van der Waals surface area contributed by atoms with Crippen LogP contribution in [0.3, 0.4) is 0 Å². The highest BCUT2D eigenvalue weighted by Crippen LogP contribution is 1.98. The number of imide groups is 1. The van der Waals surface area contributed by atoms with Gasteiger partial charge in [-0.1, -0.05) is 30.3 Å². The molecule has 102 valence electrons.